The Morgan fingerprint density at radius 3 is 2.45 bits per heavy atom. The predicted octanol–water partition coefficient (Wildman–Crippen LogP) is 4.07. The Bertz CT molecular complexity index is 878. The van der Waals surface area contributed by atoms with Crippen molar-refractivity contribution >= 4 is 10.9 Å². The third kappa shape index (κ3) is 2.33. The summed E-state index contributed by atoms with van der Waals surface area (Å²) < 4.78 is 1.78. The van der Waals surface area contributed by atoms with Crippen LogP contribution in [-0.2, 0) is 6.42 Å². The van der Waals surface area contributed by atoms with Crippen molar-refractivity contribution in [2.24, 2.45) is 0 Å². The Morgan fingerprint density at radius 1 is 1.05 bits per heavy atom. The summed E-state index contributed by atoms with van der Waals surface area (Å²) in [5.74, 6) is 1.15. The van der Waals surface area contributed by atoms with Gasteiger partial charge in [-0.15, -0.1) is 0 Å². The number of rotatable bonds is 3. The fraction of sp³-hybridized carbons (Fsp3) is 0.263. The van der Waals surface area contributed by atoms with Crippen molar-refractivity contribution in [1.82, 2.24) is 9.55 Å². The maximum Gasteiger partial charge on any atom is 0.265 e. The SMILES string of the molecule is CCc1nc2ccccc2c(=O)n1-c1ccccc1C(C)C. The molecular formula is C19H20N2O. The molecule has 0 amide bonds. The summed E-state index contributed by atoms with van der Waals surface area (Å²) in [4.78, 5) is 17.7. The molecule has 3 nitrogen and oxygen atoms in total. The van der Waals surface area contributed by atoms with Crippen LogP contribution in [0.1, 0.15) is 38.1 Å². The van der Waals surface area contributed by atoms with E-state index in [0.717, 1.165) is 22.6 Å². The van der Waals surface area contributed by atoms with Crippen molar-refractivity contribution in [2.45, 2.75) is 33.1 Å². The molecule has 0 aliphatic heterocycles. The van der Waals surface area contributed by atoms with E-state index >= 15 is 0 Å². The van der Waals surface area contributed by atoms with Crippen LogP contribution in [0.5, 0.6) is 0 Å². The summed E-state index contributed by atoms with van der Waals surface area (Å²) in [5, 5.41) is 0.665. The van der Waals surface area contributed by atoms with E-state index in [1.165, 1.54) is 0 Å². The summed E-state index contributed by atoms with van der Waals surface area (Å²) in [6, 6.07) is 15.6. The summed E-state index contributed by atoms with van der Waals surface area (Å²) >= 11 is 0. The zero-order valence-electron chi connectivity index (χ0n) is 13.2. The Kier molecular flexibility index (Phi) is 3.80. The molecule has 0 N–H and O–H groups in total. The third-order valence-corrected chi connectivity index (χ3v) is 3.96. The molecule has 3 heteroatoms. The molecule has 0 fully saturated rings. The van der Waals surface area contributed by atoms with Gasteiger partial charge in [0.05, 0.1) is 16.6 Å². The quantitative estimate of drug-likeness (QED) is 0.729. The molecule has 1 aromatic heterocycles. The molecule has 0 atom stereocenters. The third-order valence-electron chi connectivity index (χ3n) is 3.96. The number of nitrogens with zero attached hydrogens (tertiary/aromatic N) is 2. The molecule has 3 rings (SSSR count). The fourth-order valence-electron chi connectivity index (χ4n) is 2.84. The molecule has 2 aromatic carbocycles. The second-order valence-corrected chi connectivity index (χ2v) is 5.75. The number of fused-ring (bicyclic) bond motifs is 1. The number of para-hydroxylation sites is 2. The van der Waals surface area contributed by atoms with Crippen LogP contribution in [0.25, 0.3) is 16.6 Å². The highest BCUT2D eigenvalue weighted by Crippen LogP contribution is 2.23. The van der Waals surface area contributed by atoms with E-state index in [1.54, 1.807) is 4.57 Å². The van der Waals surface area contributed by atoms with Crippen LogP contribution in [0, 0.1) is 0 Å². The van der Waals surface area contributed by atoms with Gasteiger partial charge in [-0.3, -0.25) is 9.36 Å². The van der Waals surface area contributed by atoms with Gasteiger partial charge in [0, 0.05) is 6.42 Å². The average Bonchev–Trinajstić information content (AvgIpc) is 2.54. The van der Waals surface area contributed by atoms with Crippen LogP contribution in [-0.4, -0.2) is 9.55 Å². The lowest BCUT2D eigenvalue weighted by Gasteiger charge is -2.17. The zero-order chi connectivity index (χ0) is 15.7. The monoisotopic (exact) mass is 292 g/mol. The van der Waals surface area contributed by atoms with Gasteiger partial charge in [-0.2, -0.15) is 0 Å². The van der Waals surface area contributed by atoms with E-state index < -0.39 is 0 Å². The molecule has 0 saturated carbocycles. The van der Waals surface area contributed by atoms with Crippen molar-refractivity contribution in [3.63, 3.8) is 0 Å². The first-order valence-electron chi connectivity index (χ1n) is 7.73. The summed E-state index contributed by atoms with van der Waals surface area (Å²) in [6.45, 7) is 6.32. The lowest BCUT2D eigenvalue weighted by Crippen LogP contribution is -2.24. The van der Waals surface area contributed by atoms with E-state index in [2.05, 4.69) is 19.9 Å². The average molecular weight is 292 g/mol. The second kappa shape index (κ2) is 5.76. The van der Waals surface area contributed by atoms with Crippen molar-refractivity contribution in [2.75, 3.05) is 0 Å². The highest BCUT2D eigenvalue weighted by atomic mass is 16.1. The Morgan fingerprint density at radius 2 is 1.73 bits per heavy atom. The van der Waals surface area contributed by atoms with Gasteiger partial charge in [-0.05, 0) is 29.7 Å². The van der Waals surface area contributed by atoms with E-state index in [1.807, 2.05) is 49.4 Å². The number of aromatic nitrogens is 2. The van der Waals surface area contributed by atoms with E-state index in [0.29, 0.717) is 17.7 Å². The van der Waals surface area contributed by atoms with Gasteiger partial charge in [-0.1, -0.05) is 51.1 Å². The first-order valence-corrected chi connectivity index (χ1v) is 7.73. The molecular weight excluding hydrogens is 272 g/mol. The van der Waals surface area contributed by atoms with E-state index in [4.69, 9.17) is 4.98 Å². The van der Waals surface area contributed by atoms with Crippen LogP contribution in [0.4, 0.5) is 0 Å². The normalized spacial score (nSPS) is 11.3. The minimum Gasteiger partial charge on any atom is -0.268 e. The van der Waals surface area contributed by atoms with Gasteiger partial charge < -0.3 is 0 Å². The molecule has 0 radical (unpaired) electrons. The summed E-state index contributed by atoms with van der Waals surface area (Å²) in [7, 11) is 0. The van der Waals surface area contributed by atoms with Crippen molar-refractivity contribution in [1.29, 1.82) is 0 Å². The molecule has 112 valence electrons. The smallest absolute Gasteiger partial charge is 0.265 e. The highest BCUT2D eigenvalue weighted by molar-refractivity contribution is 5.77. The van der Waals surface area contributed by atoms with Crippen LogP contribution in [0.3, 0.4) is 0 Å². The lowest BCUT2D eigenvalue weighted by atomic mass is 10.0. The molecule has 0 saturated heterocycles. The number of aryl methyl sites for hydroxylation is 1. The van der Waals surface area contributed by atoms with Gasteiger partial charge in [0.25, 0.3) is 5.56 Å². The van der Waals surface area contributed by atoms with Gasteiger partial charge in [0.2, 0.25) is 0 Å². The van der Waals surface area contributed by atoms with Gasteiger partial charge in [0.15, 0.2) is 0 Å². The van der Waals surface area contributed by atoms with Crippen molar-refractivity contribution < 1.29 is 0 Å². The van der Waals surface area contributed by atoms with E-state index in [-0.39, 0.29) is 5.56 Å². The number of hydrogen-bond acceptors (Lipinski definition) is 2. The highest BCUT2D eigenvalue weighted by Gasteiger charge is 2.15. The van der Waals surface area contributed by atoms with Crippen molar-refractivity contribution in [3.05, 3.63) is 70.3 Å². The second-order valence-electron chi connectivity index (χ2n) is 5.75. The number of hydrogen-bond donors (Lipinski definition) is 0. The topological polar surface area (TPSA) is 34.9 Å². The van der Waals surface area contributed by atoms with Crippen LogP contribution < -0.4 is 5.56 Å². The Balaban J connectivity index is 2.41. The van der Waals surface area contributed by atoms with Crippen molar-refractivity contribution in [3.8, 4) is 5.69 Å². The Labute approximate surface area is 130 Å². The van der Waals surface area contributed by atoms with Crippen LogP contribution >= 0.6 is 0 Å². The molecule has 0 aliphatic carbocycles. The Hall–Kier alpha value is -2.42. The maximum absolute atomic E-state index is 13.0. The summed E-state index contributed by atoms with van der Waals surface area (Å²) in [5.41, 5.74) is 2.88. The number of benzene rings is 2. The molecule has 0 unspecified atom stereocenters. The molecule has 0 bridgehead atoms. The fourth-order valence-corrected chi connectivity index (χ4v) is 2.84. The van der Waals surface area contributed by atoms with Gasteiger partial charge in [0.1, 0.15) is 5.82 Å². The maximum atomic E-state index is 13.0. The molecule has 1 heterocycles. The molecule has 0 aliphatic rings. The first-order chi connectivity index (χ1) is 10.6. The zero-order valence-corrected chi connectivity index (χ0v) is 13.2. The van der Waals surface area contributed by atoms with Crippen LogP contribution in [0.15, 0.2) is 53.3 Å². The standard InChI is InChI=1S/C19H20N2O/c1-4-18-20-16-11-7-5-10-15(16)19(22)21(18)17-12-8-6-9-14(17)13(2)3/h5-13H,4H2,1-3H3. The minimum atomic E-state index is 0.00977. The largest absolute Gasteiger partial charge is 0.268 e. The summed E-state index contributed by atoms with van der Waals surface area (Å²) in [6.07, 6.45) is 0.715. The first kappa shape index (κ1) is 14.5. The van der Waals surface area contributed by atoms with Gasteiger partial charge >= 0.3 is 0 Å². The molecule has 22 heavy (non-hydrogen) atoms. The molecule has 3 aromatic rings. The van der Waals surface area contributed by atoms with Crippen LogP contribution in [0.2, 0.25) is 0 Å². The minimum absolute atomic E-state index is 0.00977. The lowest BCUT2D eigenvalue weighted by molar-refractivity contribution is 0.794. The predicted molar refractivity (Wildman–Crippen MR) is 90.8 cm³/mol. The van der Waals surface area contributed by atoms with E-state index in [9.17, 15) is 4.79 Å². The molecule has 0 spiro atoms. The van der Waals surface area contributed by atoms with Gasteiger partial charge in [-0.25, -0.2) is 4.98 Å².